The van der Waals surface area contributed by atoms with Crippen molar-refractivity contribution in [3.05, 3.63) is 95.0 Å². The maximum absolute atomic E-state index is 14.1. The van der Waals surface area contributed by atoms with Crippen molar-refractivity contribution in [3.8, 4) is 5.75 Å². The Hall–Kier alpha value is -3.56. The minimum Gasteiger partial charge on any atom is -0.495 e. The summed E-state index contributed by atoms with van der Waals surface area (Å²) < 4.78 is 32.2. The lowest BCUT2D eigenvalue weighted by Crippen LogP contribution is -2.54. The molecule has 0 bridgehead atoms. The molecule has 0 aliphatic rings. The van der Waals surface area contributed by atoms with E-state index in [4.69, 9.17) is 16.3 Å². The van der Waals surface area contributed by atoms with Crippen molar-refractivity contribution in [1.29, 1.82) is 0 Å². The minimum atomic E-state index is -3.90. The summed E-state index contributed by atoms with van der Waals surface area (Å²) in [4.78, 5) is 29.0. The lowest BCUT2D eigenvalue weighted by Gasteiger charge is -2.34. The van der Waals surface area contributed by atoms with Gasteiger partial charge in [0.05, 0.1) is 19.1 Å². The molecule has 39 heavy (non-hydrogen) atoms. The van der Waals surface area contributed by atoms with Crippen LogP contribution in [0.2, 0.25) is 5.02 Å². The average Bonchev–Trinajstić information content (AvgIpc) is 2.89. The van der Waals surface area contributed by atoms with Crippen LogP contribution in [0.25, 0.3) is 0 Å². The van der Waals surface area contributed by atoms with Crippen molar-refractivity contribution < 1.29 is 22.7 Å². The number of benzene rings is 3. The molecule has 3 aromatic rings. The van der Waals surface area contributed by atoms with Crippen LogP contribution in [0.5, 0.6) is 5.75 Å². The van der Waals surface area contributed by atoms with Crippen LogP contribution in [0, 0.1) is 0 Å². The Morgan fingerprint density at radius 1 is 0.949 bits per heavy atom. The number of hydrogen-bond donors (Lipinski definition) is 1. The van der Waals surface area contributed by atoms with E-state index in [-0.39, 0.29) is 30.6 Å². The summed E-state index contributed by atoms with van der Waals surface area (Å²) in [6.45, 7) is 3.14. The summed E-state index contributed by atoms with van der Waals surface area (Å²) >= 11 is 6.45. The first-order valence-corrected chi connectivity index (χ1v) is 14.7. The van der Waals surface area contributed by atoms with E-state index in [0.29, 0.717) is 16.3 Å². The molecule has 3 rings (SSSR count). The van der Waals surface area contributed by atoms with Crippen molar-refractivity contribution in [2.24, 2.45) is 0 Å². The molecule has 1 N–H and O–H groups in total. The highest BCUT2D eigenvalue weighted by Crippen LogP contribution is 2.30. The number of hydrogen-bond acceptors (Lipinski definition) is 5. The smallest absolute Gasteiger partial charge is 0.244 e. The van der Waals surface area contributed by atoms with Crippen molar-refractivity contribution in [2.45, 2.75) is 38.9 Å². The Labute approximate surface area is 235 Å². The first kappa shape index (κ1) is 30.0. The van der Waals surface area contributed by atoms with Gasteiger partial charge in [0.2, 0.25) is 21.8 Å². The van der Waals surface area contributed by atoms with E-state index in [1.807, 2.05) is 44.2 Å². The number of carbonyl (C=O) groups is 2. The molecule has 0 heterocycles. The zero-order chi connectivity index (χ0) is 28.6. The number of ether oxygens (including phenoxy) is 1. The SMILES string of the molecule is COc1ccccc1N(CC(=O)N(Cc1ccccc1Cl)C(Cc1ccccc1)C(=O)NC(C)C)S(C)(=O)=O. The topological polar surface area (TPSA) is 96.0 Å². The number of amides is 2. The van der Waals surface area contributed by atoms with Crippen LogP contribution in [-0.2, 0) is 32.6 Å². The Bertz CT molecular complexity index is 1380. The highest BCUT2D eigenvalue weighted by Gasteiger charge is 2.34. The van der Waals surface area contributed by atoms with Gasteiger partial charge in [-0.05, 0) is 43.2 Å². The Morgan fingerprint density at radius 3 is 2.18 bits per heavy atom. The Balaban J connectivity index is 2.09. The van der Waals surface area contributed by atoms with Gasteiger partial charge in [-0.3, -0.25) is 13.9 Å². The van der Waals surface area contributed by atoms with Crippen LogP contribution in [0.3, 0.4) is 0 Å². The molecule has 3 aromatic carbocycles. The van der Waals surface area contributed by atoms with Gasteiger partial charge in [0.25, 0.3) is 0 Å². The number of nitrogens with zero attached hydrogens (tertiary/aromatic N) is 2. The molecular weight excluding hydrogens is 538 g/mol. The third kappa shape index (κ3) is 8.21. The van der Waals surface area contributed by atoms with Gasteiger partial charge < -0.3 is 15.0 Å². The first-order chi connectivity index (χ1) is 18.5. The molecule has 2 amide bonds. The first-order valence-electron chi connectivity index (χ1n) is 12.5. The van der Waals surface area contributed by atoms with E-state index in [9.17, 15) is 18.0 Å². The molecule has 0 spiro atoms. The predicted octanol–water partition coefficient (Wildman–Crippen LogP) is 4.28. The van der Waals surface area contributed by atoms with E-state index in [1.54, 1.807) is 48.5 Å². The van der Waals surface area contributed by atoms with Gasteiger partial charge in [0.15, 0.2) is 0 Å². The summed E-state index contributed by atoms with van der Waals surface area (Å²) in [6.07, 6.45) is 1.25. The molecule has 8 nitrogen and oxygen atoms in total. The van der Waals surface area contributed by atoms with Crippen LogP contribution in [-0.4, -0.2) is 57.1 Å². The number of nitrogens with one attached hydrogen (secondary N) is 1. The van der Waals surface area contributed by atoms with Crippen LogP contribution < -0.4 is 14.4 Å². The van der Waals surface area contributed by atoms with Crippen LogP contribution >= 0.6 is 11.6 Å². The normalized spacial score (nSPS) is 12.1. The lowest BCUT2D eigenvalue weighted by molar-refractivity contribution is -0.140. The molecule has 0 saturated heterocycles. The molecule has 1 atom stereocenters. The van der Waals surface area contributed by atoms with Gasteiger partial charge >= 0.3 is 0 Å². The summed E-state index contributed by atoms with van der Waals surface area (Å²) in [6, 6.07) is 21.9. The van der Waals surface area contributed by atoms with Gasteiger partial charge in [0, 0.05) is 24.0 Å². The monoisotopic (exact) mass is 571 g/mol. The molecule has 208 valence electrons. The number of anilines is 1. The third-order valence-corrected chi connectivity index (χ3v) is 7.53. The molecule has 0 fully saturated rings. The third-order valence-electron chi connectivity index (χ3n) is 6.03. The molecule has 0 aliphatic heterocycles. The molecule has 10 heteroatoms. The maximum atomic E-state index is 14.1. The van der Waals surface area contributed by atoms with Crippen molar-refractivity contribution >= 4 is 39.1 Å². The highest BCUT2D eigenvalue weighted by atomic mass is 35.5. The fourth-order valence-corrected chi connectivity index (χ4v) is 5.22. The number of sulfonamides is 1. The molecule has 0 saturated carbocycles. The summed E-state index contributed by atoms with van der Waals surface area (Å²) in [7, 11) is -2.48. The van der Waals surface area contributed by atoms with E-state index in [2.05, 4.69) is 5.32 Å². The summed E-state index contributed by atoms with van der Waals surface area (Å²) in [5.41, 5.74) is 1.70. The minimum absolute atomic E-state index is 0.00501. The summed E-state index contributed by atoms with van der Waals surface area (Å²) in [5, 5.41) is 3.35. The Kier molecular flexibility index (Phi) is 10.4. The van der Waals surface area contributed by atoms with Gasteiger partial charge in [-0.25, -0.2) is 8.42 Å². The van der Waals surface area contributed by atoms with Crippen molar-refractivity contribution in [1.82, 2.24) is 10.2 Å². The van der Waals surface area contributed by atoms with E-state index >= 15 is 0 Å². The molecule has 0 aliphatic carbocycles. The number of rotatable bonds is 12. The standard InChI is InChI=1S/C29H34ClN3O5S/c1-21(2)31-29(35)26(18-22-12-6-5-7-13-22)32(19-23-14-8-9-15-24(23)30)28(34)20-33(39(4,36)37)25-16-10-11-17-27(25)38-3/h5-17,21,26H,18-20H2,1-4H3,(H,31,35). The largest absolute Gasteiger partial charge is 0.495 e. The molecule has 0 aromatic heterocycles. The fraction of sp³-hybridized carbons (Fsp3) is 0.310. The van der Waals surface area contributed by atoms with Gasteiger partial charge in [-0.15, -0.1) is 0 Å². The molecule has 0 radical (unpaired) electrons. The highest BCUT2D eigenvalue weighted by molar-refractivity contribution is 7.92. The van der Waals surface area contributed by atoms with Gasteiger partial charge in [-0.2, -0.15) is 0 Å². The fourth-order valence-electron chi connectivity index (χ4n) is 4.18. The number of carbonyl (C=O) groups excluding carboxylic acids is 2. The number of halogens is 1. The lowest BCUT2D eigenvalue weighted by atomic mass is 10.0. The predicted molar refractivity (Wildman–Crippen MR) is 154 cm³/mol. The maximum Gasteiger partial charge on any atom is 0.244 e. The Morgan fingerprint density at radius 2 is 1.56 bits per heavy atom. The van der Waals surface area contributed by atoms with Crippen LogP contribution in [0.4, 0.5) is 5.69 Å². The molecular formula is C29H34ClN3O5S. The second-order valence-electron chi connectivity index (χ2n) is 9.42. The summed E-state index contributed by atoms with van der Waals surface area (Å²) in [5.74, 6) is -0.615. The van der Waals surface area contributed by atoms with Gasteiger partial charge in [0.1, 0.15) is 18.3 Å². The van der Waals surface area contributed by atoms with E-state index in [1.165, 1.54) is 12.0 Å². The van der Waals surface area contributed by atoms with E-state index < -0.39 is 28.5 Å². The number of methoxy groups -OCH3 is 1. The molecule has 1 unspecified atom stereocenters. The number of para-hydroxylation sites is 2. The van der Waals surface area contributed by atoms with Crippen LogP contribution in [0.1, 0.15) is 25.0 Å². The van der Waals surface area contributed by atoms with E-state index in [0.717, 1.165) is 16.1 Å². The second kappa shape index (κ2) is 13.5. The van der Waals surface area contributed by atoms with Crippen molar-refractivity contribution in [3.63, 3.8) is 0 Å². The van der Waals surface area contributed by atoms with Gasteiger partial charge in [-0.1, -0.05) is 72.3 Å². The van der Waals surface area contributed by atoms with Crippen molar-refractivity contribution in [2.75, 3.05) is 24.2 Å². The zero-order valence-electron chi connectivity index (χ0n) is 22.5. The second-order valence-corrected chi connectivity index (χ2v) is 11.7. The average molecular weight is 572 g/mol. The quantitative estimate of drug-likeness (QED) is 0.350. The zero-order valence-corrected chi connectivity index (χ0v) is 24.1. The van der Waals surface area contributed by atoms with Crippen LogP contribution in [0.15, 0.2) is 78.9 Å².